The summed E-state index contributed by atoms with van der Waals surface area (Å²) in [6.45, 7) is 1.86. The van der Waals surface area contributed by atoms with Gasteiger partial charge < -0.3 is 5.73 Å². The summed E-state index contributed by atoms with van der Waals surface area (Å²) in [6, 6.07) is 4.12. The minimum absolute atomic E-state index is 0.144. The van der Waals surface area contributed by atoms with E-state index in [2.05, 4.69) is 20.7 Å². The van der Waals surface area contributed by atoms with Crippen LogP contribution in [0.25, 0.3) is 0 Å². The Morgan fingerprint density at radius 1 is 1.58 bits per heavy atom. The summed E-state index contributed by atoms with van der Waals surface area (Å²) in [5, 5.41) is 0.453. The van der Waals surface area contributed by atoms with Crippen LogP contribution in [-0.4, -0.2) is 19.4 Å². The molecule has 0 aliphatic rings. The Morgan fingerprint density at radius 2 is 2.21 bits per heavy atom. The fourth-order valence-electron chi connectivity index (χ4n) is 1.44. The van der Waals surface area contributed by atoms with Crippen molar-refractivity contribution in [3.05, 3.63) is 27.7 Å². The lowest BCUT2D eigenvalue weighted by atomic mass is 10.2. The maximum absolute atomic E-state index is 12.2. The SMILES string of the molecule is CCC(CC(N)=S)NS(=O)(=O)c1ccc(Cl)c(Br)c1. The molecule has 0 aromatic heterocycles. The highest BCUT2D eigenvalue weighted by Crippen LogP contribution is 2.25. The van der Waals surface area contributed by atoms with Gasteiger partial charge in [0.05, 0.1) is 14.9 Å². The molecule has 0 saturated heterocycles. The van der Waals surface area contributed by atoms with E-state index in [-0.39, 0.29) is 15.9 Å². The topological polar surface area (TPSA) is 72.2 Å². The van der Waals surface area contributed by atoms with Crippen LogP contribution in [0.3, 0.4) is 0 Å². The second kappa shape index (κ2) is 6.99. The van der Waals surface area contributed by atoms with Crippen molar-refractivity contribution in [2.45, 2.75) is 30.7 Å². The lowest BCUT2D eigenvalue weighted by Gasteiger charge is -2.16. The van der Waals surface area contributed by atoms with E-state index in [1.54, 1.807) is 0 Å². The molecule has 1 unspecified atom stereocenters. The number of rotatable bonds is 6. The molecule has 1 rings (SSSR count). The third-order valence-electron chi connectivity index (χ3n) is 2.46. The van der Waals surface area contributed by atoms with Crippen LogP contribution in [0.2, 0.25) is 5.02 Å². The molecule has 0 aliphatic heterocycles. The largest absolute Gasteiger partial charge is 0.393 e. The molecule has 8 heteroatoms. The Kier molecular flexibility index (Phi) is 6.19. The van der Waals surface area contributed by atoms with Crippen LogP contribution in [0.5, 0.6) is 0 Å². The molecule has 0 aliphatic carbocycles. The number of nitrogens with one attached hydrogen (secondary N) is 1. The first kappa shape index (κ1) is 16.8. The first-order chi connectivity index (χ1) is 8.76. The maximum Gasteiger partial charge on any atom is 0.240 e. The molecule has 106 valence electrons. The van der Waals surface area contributed by atoms with Crippen LogP contribution < -0.4 is 10.5 Å². The minimum atomic E-state index is -3.61. The molecule has 1 aromatic rings. The molecule has 0 radical (unpaired) electrons. The summed E-state index contributed by atoms with van der Waals surface area (Å²) < 4.78 is 27.5. The van der Waals surface area contributed by atoms with Gasteiger partial charge in [0.2, 0.25) is 10.0 Å². The van der Waals surface area contributed by atoms with Gasteiger partial charge in [0.1, 0.15) is 0 Å². The van der Waals surface area contributed by atoms with E-state index >= 15 is 0 Å². The normalized spacial score (nSPS) is 13.2. The summed E-state index contributed by atoms with van der Waals surface area (Å²) in [6.07, 6.45) is 0.936. The van der Waals surface area contributed by atoms with Gasteiger partial charge in [-0.3, -0.25) is 0 Å². The Labute approximate surface area is 131 Å². The van der Waals surface area contributed by atoms with Crippen molar-refractivity contribution in [3.8, 4) is 0 Å². The summed E-state index contributed by atoms with van der Waals surface area (Å²) in [5.74, 6) is 0. The highest BCUT2D eigenvalue weighted by atomic mass is 79.9. The molecular weight excluding hydrogens is 372 g/mol. The molecule has 0 fully saturated rings. The van der Waals surface area contributed by atoms with Gasteiger partial charge >= 0.3 is 0 Å². The minimum Gasteiger partial charge on any atom is -0.393 e. The quantitative estimate of drug-likeness (QED) is 0.739. The number of benzene rings is 1. The van der Waals surface area contributed by atoms with Gasteiger partial charge in [-0.05, 0) is 40.5 Å². The molecular formula is C11H14BrClN2O2S2. The van der Waals surface area contributed by atoms with Crippen molar-refractivity contribution in [1.82, 2.24) is 4.72 Å². The van der Waals surface area contributed by atoms with E-state index in [1.807, 2.05) is 6.92 Å². The van der Waals surface area contributed by atoms with Gasteiger partial charge in [0, 0.05) is 16.9 Å². The summed E-state index contributed by atoms with van der Waals surface area (Å²) in [4.78, 5) is 0.428. The smallest absolute Gasteiger partial charge is 0.240 e. The van der Waals surface area contributed by atoms with Crippen LogP contribution in [0, 0.1) is 0 Å². The first-order valence-corrected chi connectivity index (χ1v) is 8.58. The molecule has 1 aromatic carbocycles. The number of sulfonamides is 1. The number of thiocarbonyl (C=S) groups is 1. The molecule has 19 heavy (non-hydrogen) atoms. The molecule has 0 spiro atoms. The van der Waals surface area contributed by atoms with Crippen molar-refractivity contribution in [2.24, 2.45) is 5.73 Å². The zero-order valence-corrected chi connectivity index (χ0v) is 14.2. The zero-order valence-electron chi connectivity index (χ0n) is 10.2. The van der Waals surface area contributed by atoms with Crippen molar-refractivity contribution in [1.29, 1.82) is 0 Å². The second-order valence-corrected chi connectivity index (χ2v) is 7.47. The van der Waals surface area contributed by atoms with Gasteiger partial charge in [0.15, 0.2) is 0 Å². The molecule has 0 saturated carbocycles. The third-order valence-corrected chi connectivity index (χ3v) is 5.36. The summed E-state index contributed by atoms with van der Waals surface area (Å²) >= 11 is 13.8. The highest BCUT2D eigenvalue weighted by molar-refractivity contribution is 9.10. The standard InChI is InChI=1S/C11H14BrClN2O2S2/c1-2-7(5-11(14)18)15-19(16,17)8-3-4-10(13)9(12)6-8/h3-4,6-7,15H,2,5H2,1H3,(H2,14,18). The molecule has 0 bridgehead atoms. The van der Waals surface area contributed by atoms with E-state index < -0.39 is 10.0 Å². The molecule has 4 nitrogen and oxygen atoms in total. The fourth-order valence-corrected chi connectivity index (χ4v) is 3.64. The monoisotopic (exact) mass is 384 g/mol. The van der Waals surface area contributed by atoms with E-state index in [0.29, 0.717) is 22.3 Å². The molecule has 0 heterocycles. The molecule has 3 N–H and O–H groups in total. The van der Waals surface area contributed by atoms with Crippen LogP contribution >= 0.6 is 39.7 Å². The van der Waals surface area contributed by atoms with Crippen molar-refractivity contribution >= 4 is 54.8 Å². The Morgan fingerprint density at radius 3 is 2.68 bits per heavy atom. The van der Waals surface area contributed by atoms with Crippen LogP contribution in [0.15, 0.2) is 27.6 Å². The summed E-state index contributed by atoms with van der Waals surface area (Å²) in [5.41, 5.74) is 5.44. The van der Waals surface area contributed by atoms with Gasteiger partial charge in [-0.1, -0.05) is 30.7 Å². The average Bonchev–Trinajstić information content (AvgIpc) is 2.30. The van der Waals surface area contributed by atoms with Crippen molar-refractivity contribution in [3.63, 3.8) is 0 Å². The molecule has 0 amide bonds. The average molecular weight is 386 g/mol. The Balaban J connectivity index is 2.96. The second-order valence-electron chi connectivity index (χ2n) is 3.97. The van der Waals surface area contributed by atoms with Crippen LogP contribution in [0.4, 0.5) is 0 Å². The lowest BCUT2D eigenvalue weighted by molar-refractivity contribution is 0.546. The zero-order chi connectivity index (χ0) is 14.6. The van der Waals surface area contributed by atoms with Crippen molar-refractivity contribution < 1.29 is 8.42 Å². The number of hydrogen-bond donors (Lipinski definition) is 2. The predicted molar refractivity (Wildman–Crippen MR) is 85.0 cm³/mol. The summed E-state index contributed by atoms with van der Waals surface area (Å²) in [7, 11) is -3.61. The van der Waals surface area contributed by atoms with Gasteiger partial charge in [-0.2, -0.15) is 0 Å². The van der Waals surface area contributed by atoms with Crippen LogP contribution in [0.1, 0.15) is 19.8 Å². The van der Waals surface area contributed by atoms with Gasteiger partial charge in [-0.25, -0.2) is 13.1 Å². The first-order valence-electron chi connectivity index (χ1n) is 5.52. The number of nitrogens with two attached hydrogens (primary N) is 1. The number of hydrogen-bond acceptors (Lipinski definition) is 3. The maximum atomic E-state index is 12.2. The predicted octanol–water partition coefficient (Wildman–Crippen LogP) is 2.84. The molecule has 1 atom stereocenters. The lowest BCUT2D eigenvalue weighted by Crippen LogP contribution is -2.37. The van der Waals surface area contributed by atoms with E-state index in [0.717, 1.165) is 0 Å². The third kappa shape index (κ3) is 5.00. The van der Waals surface area contributed by atoms with E-state index in [4.69, 9.17) is 29.6 Å². The van der Waals surface area contributed by atoms with E-state index in [1.165, 1.54) is 18.2 Å². The van der Waals surface area contributed by atoms with Gasteiger partial charge in [0.25, 0.3) is 0 Å². The Bertz CT molecular complexity index is 578. The fraction of sp³-hybridized carbons (Fsp3) is 0.364. The van der Waals surface area contributed by atoms with E-state index in [9.17, 15) is 8.42 Å². The van der Waals surface area contributed by atoms with Crippen LogP contribution in [-0.2, 0) is 10.0 Å². The number of halogens is 2. The van der Waals surface area contributed by atoms with Crippen molar-refractivity contribution in [2.75, 3.05) is 0 Å². The Hall–Kier alpha value is -0.210. The van der Waals surface area contributed by atoms with Gasteiger partial charge in [-0.15, -0.1) is 0 Å². The highest BCUT2D eigenvalue weighted by Gasteiger charge is 2.20.